The number of aryl methyl sites for hydroxylation is 2. The van der Waals surface area contributed by atoms with Gasteiger partial charge in [-0.25, -0.2) is 4.39 Å². The zero-order chi connectivity index (χ0) is 14.0. The van der Waals surface area contributed by atoms with Crippen molar-refractivity contribution < 1.29 is 9.13 Å². The Morgan fingerprint density at radius 1 is 1.05 bits per heavy atom. The van der Waals surface area contributed by atoms with Crippen molar-refractivity contribution in [3.63, 3.8) is 0 Å². The average Bonchev–Trinajstić information content (AvgIpc) is 2.36. The van der Waals surface area contributed by atoms with E-state index in [1.165, 1.54) is 23.3 Å². The molecule has 100 valence electrons. The molecule has 3 heteroatoms. The highest BCUT2D eigenvalue weighted by molar-refractivity contribution is 9.09. The molecule has 2 rings (SSSR count). The third-order valence-corrected chi connectivity index (χ3v) is 4.02. The predicted molar refractivity (Wildman–Crippen MR) is 79.6 cm³/mol. The largest absolute Gasteiger partial charge is 0.496 e. The fourth-order valence-electron chi connectivity index (χ4n) is 2.24. The van der Waals surface area contributed by atoms with E-state index in [2.05, 4.69) is 48.0 Å². The normalized spacial score (nSPS) is 12.3. The summed E-state index contributed by atoms with van der Waals surface area (Å²) in [6, 6.07) is 10.9. The minimum atomic E-state index is -0.260. The lowest BCUT2D eigenvalue weighted by Gasteiger charge is -2.16. The van der Waals surface area contributed by atoms with E-state index in [4.69, 9.17) is 4.74 Å². The number of hydrogen-bond acceptors (Lipinski definition) is 1. The van der Waals surface area contributed by atoms with Gasteiger partial charge in [-0.15, -0.1) is 0 Å². The Hall–Kier alpha value is -1.35. The fraction of sp³-hybridized carbons (Fsp3) is 0.250. The van der Waals surface area contributed by atoms with E-state index in [0.29, 0.717) is 5.75 Å². The third-order valence-electron chi connectivity index (χ3n) is 3.00. The number of benzene rings is 2. The molecule has 0 saturated carbocycles. The van der Waals surface area contributed by atoms with E-state index >= 15 is 0 Å². The van der Waals surface area contributed by atoms with Crippen LogP contribution in [0.1, 0.15) is 27.1 Å². The summed E-state index contributed by atoms with van der Waals surface area (Å²) in [6.07, 6.45) is 0. The van der Waals surface area contributed by atoms with Gasteiger partial charge in [0.15, 0.2) is 0 Å². The lowest BCUT2D eigenvalue weighted by atomic mass is 10.00. The van der Waals surface area contributed by atoms with Gasteiger partial charge < -0.3 is 4.74 Å². The van der Waals surface area contributed by atoms with Gasteiger partial charge in [-0.1, -0.05) is 45.3 Å². The smallest absolute Gasteiger partial charge is 0.123 e. The summed E-state index contributed by atoms with van der Waals surface area (Å²) in [6.45, 7) is 4.11. The molecule has 2 aromatic carbocycles. The monoisotopic (exact) mass is 322 g/mol. The molecule has 1 unspecified atom stereocenters. The number of hydrogen-bond donors (Lipinski definition) is 0. The quantitative estimate of drug-likeness (QED) is 0.727. The van der Waals surface area contributed by atoms with Gasteiger partial charge in [0.05, 0.1) is 11.9 Å². The number of alkyl halides is 1. The molecule has 19 heavy (non-hydrogen) atoms. The zero-order valence-electron chi connectivity index (χ0n) is 11.2. The Labute approximate surface area is 121 Å². The van der Waals surface area contributed by atoms with Gasteiger partial charge in [0, 0.05) is 5.56 Å². The van der Waals surface area contributed by atoms with Gasteiger partial charge in [-0.3, -0.25) is 0 Å². The molecule has 0 amide bonds. The van der Waals surface area contributed by atoms with Gasteiger partial charge in [-0.2, -0.15) is 0 Å². The SMILES string of the molecule is COc1ccc(F)cc1C(Br)c1cc(C)cc(C)c1. The lowest BCUT2D eigenvalue weighted by molar-refractivity contribution is 0.409. The summed E-state index contributed by atoms with van der Waals surface area (Å²) in [5, 5.41) is 0. The fourth-order valence-corrected chi connectivity index (χ4v) is 2.86. The molecule has 0 aliphatic rings. The molecule has 0 bridgehead atoms. The van der Waals surface area contributed by atoms with Crippen LogP contribution in [0.25, 0.3) is 0 Å². The van der Waals surface area contributed by atoms with Gasteiger partial charge in [0.2, 0.25) is 0 Å². The van der Waals surface area contributed by atoms with Gasteiger partial charge in [0.1, 0.15) is 11.6 Å². The second kappa shape index (κ2) is 5.74. The molecule has 0 N–H and O–H groups in total. The summed E-state index contributed by atoms with van der Waals surface area (Å²) in [5.74, 6) is 0.423. The van der Waals surface area contributed by atoms with E-state index in [-0.39, 0.29) is 10.6 Å². The van der Waals surface area contributed by atoms with Crippen LogP contribution in [0.5, 0.6) is 5.75 Å². The Kier molecular flexibility index (Phi) is 4.25. The van der Waals surface area contributed by atoms with Crippen LogP contribution in [0.15, 0.2) is 36.4 Å². The van der Waals surface area contributed by atoms with Crippen LogP contribution in [0.4, 0.5) is 4.39 Å². The first kappa shape index (κ1) is 14.1. The van der Waals surface area contributed by atoms with Gasteiger partial charge in [-0.05, 0) is 37.6 Å². The van der Waals surface area contributed by atoms with E-state index < -0.39 is 0 Å². The van der Waals surface area contributed by atoms with Gasteiger partial charge >= 0.3 is 0 Å². The Morgan fingerprint density at radius 2 is 1.68 bits per heavy atom. The highest BCUT2D eigenvalue weighted by atomic mass is 79.9. The minimum absolute atomic E-state index is 0.0863. The molecule has 0 fully saturated rings. The molecular formula is C16H16BrFO. The predicted octanol–water partition coefficient (Wildman–Crippen LogP) is 4.94. The molecule has 0 aliphatic carbocycles. The van der Waals surface area contributed by atoms with Crippen LogP contribution < -0.4 is 4.74 Å². The van der Waals surface area contributed by atoms with Gasteiger partial charge in [0.25, 0.3) is 0 Å². The molecule has 1 atom stereocenters. The number of methoxy groups -OCH3 is 1. The van der Waals surface area contributed by atoms with Crippen molar-refractivity contribution >= 4 is 15.9 Å². The summed E-state index contributed by atoms with van der Waals surface area (Å²) < 4.78 is 18.7. The van der Waals surface area contributed by atoms with E-state index in [1.54, 1.807) is 13.2 Å². The van der Waals surface area contributed by atoms with Crippen molar-refractivity contribution in [1.29, 1.82) is 0 Å². The summed E-state index contributed by atoms with van der Waals surface area (Å²) in [4.78, 5) is -0.0863. The van der Waals surface area contributed by atoms with E-state index in [0.717, 1.165) is 11.1 Å². The summed E-state index contributed by atoms with van der Waals surface area (Å²) in [5.41, 5.74) is 4.28. The lowest BCUT2D eigenvalue weighted by Crippen LogP contribution is -1.99. The summed E-state index contributed by atoms with van der Waals surface area (Å²) >= 11 is 3.64. The first-order valence-corrected chi connectivity index (χ1v) is 6.98. The van der Waals surface area contributed by atoms with Crippen LogP contribution in [0.2, 0.25) is 0 Å². The van der Waals surface area contributed by atoms with Crippen LogP contribution in [-0.4, -0.2) is 7.11 Å². The highest BCUT2D eigenvalue weighted by Gasteiger charge is 2.16. The van der Waals surface area contributed by atoms with Crippen molar-refractivity contribution in [2.45, 2.75) is 18.7 Å². The average molecular weight is 323 g/mol. The third kappa shape index (κ3) is 3.16. The van der Waals surface area contributed by atoms with E-state index in [1.807, 2.05) is 0 Å². The highest BCUT2D eigenvalue weighted by Crippen LogP contribution is 2.37. The Balaban J connectivity index is 2.48. The molecule has 0 aliphatic heterocycles. The van der Waals surface area contributed by atoms with Crippen LogP contribution in [0.3, 0.4) is 0 Å². The van der Waals surface area contributed by atoms with Crippen molar-refractivity contribution in [1.82, 2.24) is 0 Å². The molecule has 1 nitrogen and oxygen atoms in total. The van der Waals surface area contributed by atoms with Crippen molar-refractivity contribution in [3.8, 4) is 5.75 Å². The molecular weight excluding hydrogens is 307 g/mol. The molecule has 0 heterocycles. The summed E-state index contributed by atoms with van der Waals surface area (Å²) in [7, 11) is 1.60. The number of rotatable bonds is 3. The Morgan fingerprint density at radius 3 is 2.26 bits per heavy atom. The zero-order valence-corrected chi connectivity index (χ0v) is 12.8. The van der Waals surface area contributed by atoms with Crippen LogP contribution in [-0.2, 0) is 0 Å². The van der Waals surface area contributed by atoms with Crippen LogP contribution in [0, 0.1) is 19.7 Å². The molecule has 0 spiro atoms. The minimum Gasteiger partial charge on any atom is -0.496 e. The van der Waals surface area contributed by atoms with Crippen molar-refractivity contribution in [3.05, 3.63) is 64.5 Å². The van der Waals surface area contributed by atoms with Crippen molar-refractivity contribution in [2.75, 3.05) is 7.11 Å². The first-order chi connectivity index (χ1) is 9.01. The maximum Gasteiger partial charge on any atom is 0.123 e. The second-order valence-electron chi connectivity index (χ2n) is 4.67. The maximum atomic E-state index is 13.4. The molecule has 0 saturated heterocycles. The second-order valence-corrected chi connectivity index (χ2v) is 5.59. The number of halogens is 2. The molecule has 0 aromatic heterocycles. The topological polar surface area (TPSA) is 9.23 Å². The first-order valence-electron chi connectivity index (χ1n) is 6.07. The maximum absolute atomic E-state index is 13.4. The molecule has 0 radical (unpaired) electrons. The molecule has 2 aromatic rings. The van der Waals surface area contributed by atoms with Crippen LogP contribution >= 0.6 is 15.9 Å². The number of ether oxygens (including phenoxy) is 1. The van der Waals surface area contributed by atoms with E-state index in [9.17, 15) is 4.39 Å². The van der Waals surface area contributed by atoms with Crippen molar-refractivity contribution in [2.24, 2.45) is 0 Å². The Bertz CT molecular complexity index is 575. The standard InChI is InChI=1S/C16H16BrFO/c1-10-6-11(2)8-12(7-10)16(17)14-9-13(18)4-5-15(14)19-3/h4-9,16H,1-3H3.